The van der Waals surface area contributed by atoms with Crippen LogP contribution in [0.4, 0.5) is 0 Å². The van der Waals surface area contributed by atoms with Crippen molar-refractivity contribution in [1.29, 1.82) is 0 Å². The van der Waals surface area contributed by atoms with Crippen LogP contribution in [0, 0.1) is 0 Å². The van der Waals surface area contributed by atoms with Crippen LogP contribution in [0.3, 0.4) is 0 Å². The smallest absolute Gasteiger partial charge is 0.230 e. The zero-order valence-electron chi connectivity index (χ0n) is 9.12. The Morgan fingerprint density at radius 2 is 0.842 bits per heavy atom. The Kier molecular flexibility index (Phi) is 10.2. The third-order valence-electron chi connectivity index (χ3n) is 1.31. The highest BCUT2D eigenvalue weighted by Gasteiger charge is 2.15. The predicted octanol–water partition coefficient (Wildman–Crippen LogP) is -4.76. The molecular formula is C5H10N2O8P4. The minimum Gasteiger partial charge on any atom is -0.602 e. The van der Waals surface area contributed by atoms with E-state index in [2.05, 4.69) is 0 Å². The fourth-order valence-corrected chi connectivity index (χ4v) is 2.69. The SMILES string of the molecule is [O-]/[P+](O)=C\N(/C=[P+](\[O-])O)CN(/C=[P+](\[O-])O)/C=[P+](\[O-])O. The van der Waals surface area contributed by atoms with Crippen LogP contribution in [0.15, 0.2) is 0 Å². The summed E-state index contributed by atoms with van der Waals surface area (Å²) in [6, 6.07) is 0. The molecule has 0 aromatic rings. The number of nitrogens with zero attached hydrogens (tertiary/aromatic N) is 2. The first-order chi connectivity index (χ1) is 8.70. The lowest BCUT2D eigenvalue weighted by atomic mass is 10.8. The molecule has 0 rings (SSSR count). The van der Waals surface area contributed by atoms with E-state index in [4.69, 9.17) is 19.6 Å². The average molecular weight is 350 g/mol. The van der Waals surface area contributed by atoms with Gasteiger partial charge in [0.25, 0.3) is 0 Å². The van der Waals surface area contributed by atoms with Gasteiger partial charge < -0.3 is 19.6 Å². The Hall–Kier alpha value is 0.280. The van der Waals surface area contributed by atoms with Crippen molar-refractivity contribution in [2.24, 2.45) is 0 Å². The van der Waals surface area contributed by atoms with Gasteiger partial charge in [0.05, 0.1) is 6.67 Å². The maximum Gasteiger partial charge on any atom is 0.230 e. The van der Waals surface area contributed by atoms with Gasteiger partial charge in [-0.25, -0.2) is 0 Å². The third-order valence-corrected chi connectivity index (χ3v) is 3.29. The van der Waals surface area contributed by atoms with E-state index in [1.54, 1.807) is 0 Å². The fourth-order valence-electron chi connectivity index (χ4n) is 0.902. The Labute approximate surface area is 112 Å². The highest BCUT2D eigenvalue weighted by atomic mass is 31.1. The molecule has 10 nitrogen and oxygen atoms in total. The predicted molar refractivity (Wildman–Crippen MR) is 69.4 cm³/mol. The summed E-state index contributed by atoms with van der Waals surface area (Å²) in [5.41, 5.74) is 0. The van der Waals surface area contributed by atoms with Crippen LogP contribution < -0.4 is 19.6 Å². The first-order valence-electron chi connectivity index (χ1n) is 4.23. The molecule has 0 aliphatic heterocycles. The van der Waals surface area contributed by atoms with E-state index in [0.717, 1.165) is 9.80 Å². The summed E-state index contributed by atoms with van der Waals surface area (Å²) in [5.74, 6) is 2.68. The van der Waals surface area contributed by atoms with E-state index < -0.39 is 38.7 Å². The molecule has 0 fully saturated rings. The largest absolute Gasteiger partial charge is 0.602 e. The second-order valence-corrected chi connectivity index (χ2v) is 6.19. The van der Waals surface area contributed by atoms with Crippen molar-refractivity contribution in [2.45, 2.75) is 0 Å². The first-order valence-corrected chi connectivity index (χ1v) is 9.35. The summed E-state index contributed by atoms with van der Waals surface area (Å²) in [7, 11) is -11.1. The summed E-state index contributed by atoms with van der Waals surface area (Å²) >= 11 is 0. The summed E-state index contributed by atoms with van der Waals surface area (Å²) in [5, 5.41) is 0. The lowest BCUT2D eigenvalue weighted by Gasteiger charge is -2.13. The van der Waals surface area contributed by atoms with E-state index in [-0.39, 0.29) is 0 Å². The number of hydrogen-bond donors (Lipinski definition) is 4. The zero-order chi connectivity index (χ0) is 15.0. The molecule has 4 unspecified atom stereocenters. The van der Waals surface area contributed by atoms with Crippen LogP contribution in [0.5, 0.6) is 0 Å². The molecule has 108 valence electrons. The molecule has 19 heavy (non-hydrogen) atoms. The maximum absolute atomic E-state index is 10.6. The third kappa shape index (κ3) is 11.8. The van der Waals surface area contributed by atoms with Gasteiger partial charge in [0, 0.05) is 0 Å². The van der Waals surface area contributed by atoms with E-state index >= 15 is 0 Å². The molecule has 0 spiro atoms. The van der Waals surface area contributed by atoms with Crippen LogP contribution in [0.1, 0.15) is 0 Å². The molecule has 4 N–H and O–H groups in total. The van der Waals surface area contributed by atoms with Crippen molar-refractivity contribution >= 4 is 55.7 Å². The van der Waals surface area contributed by atoms with E-state index in [1.807, 2.05) is 0 Å². The molecule has 0 radical (unpaired) electrons. The maximum atomic E-state index is 10.6. The fraction of sp³-hybridized carbons (Fsp3) is 0.200. The minimum absolute atomic E-state index is 0.466. The van der Waals surface area contributed by atoms with Gasteiger partial charge in [0.2, 0.25) is 32.0 Å². The lowest BCUT2D eigenvalue weighted by molar-refractivity contribution is -0.168. The van der Waals surface area contributed by atoms with Crippen LogP contribution in [0.2, 0.25) is 0 Å². The topological polar surface area (TPSA) is 180 Å². The van der Waals surface area contributed by atoms with Crippen LogP contribution in [0.25, 0.3) is 0 Å². The van der Waals surface area contributed by atoms with Crippen molar-refractivity contribution in [3.63, 3.8) is 0 Å². The molecule has 0 aromatic carbocycles. The normalized spacial score (nSPS) is 15.7. The van der Waals surface area contributed by atoms with Crippen molar-refractivity contribution in [2.75, 3.05) is 6.67 Å². The van der Waals surface area contributed by atoms with E-state index in [0.29, 0.717) is 23.7 Å². The molecule has 0 amide bonds. The standard InChI is InChI=1S/C5H10N2O8P4/c8-16(9)2-6(3-17(10)11)1-7(4-18(12)13)5-19(14)15/h2-5H,1H2,(H,8,9)(H,10,11)(H,12,13)(H,14,15). The van der Waals surface area contributed by atoms with Gasteiger partial charge in [0.1, 0.15) is 0 Å². The second-order valence-electron chi connectivity index (χ2n) is 2.84. The van der Waals surface area contributed by atoms with Crippen LogP contribution in [-0.2, 0) is 0 Å². The van der Waals surface area contributed by atoms with Gasteiger partial charge >= 0.3 is 0 Å². The Morgan fingerprint density at radius 3 is 1.00 bits per heavy atom. The second kappa shape index (κ2) is 10.1. The monoisotopic (exact) mass is 350 g/mol. The summed E-state index contributed by atoms with van der Waals surface area (Å²) < 4.78 is 0. The summed E-state index contributed by atoms with van der Waals surface area (Å²) in [6.07, 6.45) is 0. The van der Waals surface area contributed by atoms with Crippen molar-refractivity contribution in [3.05, 3.63) is 0 Å². The Balaban J connectivity index is 5.14. The van der Waals surface area contributed by atoms with Gasteiger partial charge in [-0.2, -0.15) is 29.4 Å². The molecule has 14 heteroatoms. The van der Waals surface area contributed by atoms with Gasteiger partial charge in [-0.3, -0.25) is 0 Å². The van der Waals surface area contributed by atoms with Crippen LogP contribution >= 0.6 is 32.0 Å². The molecular weight excluding hydrogens is 340 g/mol. The molecule has 0 heterocycles. The highest BCUT2D eigenvalue weighted by Crippen LogP contribution is 2.09. The quantitative estimate of drug-likeness (QED) is 0.268. The average Bonchev–Trinajstić information content (AvgIpc) is 2.11. The van der Waals surface area contributed by atoms with Crippen molar-refractivity contribution in [1.82, 2.24) is 9.80 Å². The molecule has 0 aliphatic rings. The molecule has 4 atom stereocenters. The number of rotatable bonds is 6. The van der Waals surface area contributed by atoms with E-state index in [1.165, 1.54) is 0 Å². The van der Waals surface area contributed by atoms with Gasteiger partial charge in [-0.05, 0) is 0 Å². The minimum atomic E-state index is -2.79. The molecule has 0 bridgehead atoms. The first kappa shape index (κ1) is 19.3. The number of hydrogen-bond acceptors (Lipinski definition) is 8. The van der Waals surface area contributed by atoms with Crippen molar-refractivity contribution in [3.8, 4) is 0 Å². The molecule has 0 saturated carbocycles. The van der Waals surface area contributed by atoms with Gasteiger partial charge in [-0.1, -0.05) is 0 Å². The lowest BCUT2D eigenvalue weighted by Crippen LogP contribution is -2.35. The zero-order valence-corrected chi connectivity index (χ0v) is 12.7. The highest BCUT2D eigenvalue weighted by molar-refractivity contribution is 7.46. The molecule has 0 aromatic heterocycles. The van der Waals surface area contributed by atoms with Crippen LogP contribution in [-0.4, -0.2) is 59.7 Å². The molecule has 0 aliphatic carbocycles. The van der Waals surface area contributed by atoms with Gasteiger partial charge in [-0.15, -0.1) is 0 Å². The van der Waals surface area contributed by atoms with Crippen molar-refractivity contribution < 1.29 is 39.1 Å². The van der Waals surface area contributed by atoms with E-state index in [9.17, 15) is 19.6 Å². The Morgan fingerprint density at radius 1 is 0.632 bits per heavy atom. The Bertz CT molecular complexity index is 333. The summed E-state index contributed by atoms with van der Waals surface area (Å²) in [6.45, 7) is -0.466. The van der Waals surface area contributed by atoms with Gasteiger partial charge in [0.15, 0.2) is 23.7 Å². The molecule has 0 saturated heterocycles. The summed E-state index contributed by atoms with van der Waals surface area (Å²) in [4.78, 5) is 78.7.